The van der Waals surface area contributed by atoms with Crippen LogP contribution in [0.15, 0.2) is 26.9 Å². The summed E-state index contributed by atoms with van der Waals surface area (Å²) in [6.07, 6.45) is 2.03. The van der Waals surface area contributed by atoms with Crippen LogP contribution in [0.4, 0.5) is 0 Å². The molecule has 74 valence electrons. The number of aliphatic hydroxyl groups excluding tert-OH is 1. The second kappa shape index (κ2) is 4.53. The van der Waals surface area contributed by atoms with Crippen molar-refractivity contribution in [3.05, 3.63) is 37.4 Å². The molecule has 1 N–H and O–H groups in total. The number of rotatable bonds is 3. The number of hydrogen-bond acceptors (Lipinski definition) is 4. The molecule has 0 aliphatic carbocycles. The van der Waals surface area contributed by atoms with Crippen molar-refractivity contribution in [2.45, 2.75) is 12.5 Å². The van der Waals surface area contributed by atoms with Crippen LogP contribution in [-0.4, -0.2) is 10.1 Å². The maximum atomic E-state index is 9.87. The molecule has 2 aromatic rings. The second-order valence-corrected chi connectivity index (χ2v) is 6.13. The average Bonchev–Trinajstić information content (AvgIpc) is 2.75. The molecule has 2 heterocycles. The summed E-state index contributed by atoms with van der Waals surface area (Å²) >= 11 is 6.54. The van der Waals surface area contributed by atoms with E-state index in [2.05, 4.69) is 20.9 Å². The molecule has 1 unspecified atom stereocenters. The van der Waals surface area contributed by atoms with Gasteiger partial charge < -0.3 is 5.11 Å². The van der Waals surface area contributed by atoms with Gasteiger partial charge in [0.05, 0.1) is 15.4 Å². The van der Waals surface area contributed by atoms with Crippen molar-refractivity contribution < 1.29 is 5.11 Å². The van der Waals surface area contributed by atoms with Crippen LogP contribution in [-0.2, 0) is 6.42 Å². The quantitative estimate of drug-likeness (QED) is 0.941. The van der Waals surface area contributed by atoms with E-state index in [4.69, 9.17) is 0 Å². The van der Waals surface area contributed by atoms with E-state index in [-0.39, 0.29) is 0 Å². The highest BCUT2D eigenvalue weighted by Crippen LogP contribution is 2.27. The van der Waals surface area contributed by atoms with Crippen molar-refractivity contribution in [3.63, 3.8) is 0 Å². The Hall–Kier alpha value is -0.230. The van der Waals surface area contributed by atoms with E-state index in [0.29, 0.717) is 6.42 Å². The Balaban J connectivity index is 2.06. The number of hydrogen-bond donors (Lipinski definition) is 1. The molecule has 2 nitrogen and oxygen atoms in total. The van der Waals surface area contributed by atoms with Crippen LogP contribution < -0.4 is 0 Å². The molecule has 0 radical (unpaired) electrons. The average molecular weight is 290 g/mol. The summed E-state index contributed by atoms with van der Waals surface area (Å²) in [6, 6.07) is 1.95. The molecule has 0 aliphatic heterocycles. The van der Waals surface area contributed by atoms with Gasteiger partial charge in [-0.15, -0.1) is 22.7 Å². The van der Waals surface area contributed by atoms with E-state index in [9.17, 15) is 5.11 Å². The SMILES string of the molecule is OC(Cc1cncs1)c1csc(Br)c1. The van der Waals surface area contributed by atoms with Gasteiger partial charge in [-0.05, 0) is 32.9 Å². The van der Waals surface area contributed by atoms with E-state index in [1.807, 2.05) is 11.4 Å². The van der Waals surface area contributed by atoms with Gasteiger partial charge >= 0.3 is 0 Å². The molecule has 0 fully saturated rings. The number of aromatic nitrogens is 1. The highest BCUT2D eigenvalue weighted by Gasteiger charge is 2.10. The van der Waals surface area contributed by atoms with Crippen LogP contribution in [0.25, 0.3) is 0 Å². The Morgan fingerprint density at radius 1 is 1.50 bits per heavy atom. The first kappa shape index (κ1) is 10.3. The minimum atomic E-state index is -0.419. The van der Waals surface area contributed by atoms with Crippen LogP contribution in [0.1, 0.15) is 16.5 Å². The lowest BCUT2D eigenvalue weighted by Crippen LogP contribution is -1.98. The molecule has 0 amide bonds. The Bertz CT molecular complexity index is 399. The molecular formula is C9H8BrNOS2. The van der Waals surface area contributed by atoms with Gasteiger partial charge in [-0.1, -0.05) is 0 Å². The molecule has 1 atom stereocenters. The molecule has 0 saturated carbocycles. The predicted octanol–water partition coefficient (Wildman–Crippen LogP) is 3.24. The van der Waals surface area contributed by atoms with Crippen molar-refractivity contribution in [2.75, 3.05) is 0 Å². The van der Waals surface area contributed by atoms with Gasteiger partial charge in [-0.2, -0.15) is 0 Å². The molecule has 0 spiro atoms. The lowest BCUT2D eigenvalue weighted by Gasteiger charge is -2.05. The van der Waals surface area contributed by atoms with E-state index in [1.165, 1.54) is 0 Å². The molecule has 0 aliphatic rings. The number of thiazole rings is 1. The summed E-state index contributed by atoms with van der Waals surface area (Å²) in [5.74, 6) is 0. The molecule has 2 aromatic heterocycles. The van der Waals surface area contributed by atoms with Gasteiger partial charge in [-0.3, -0.25) is 4.98 Å². The zero-order valence-electron chi connectivity index (χ0n) is 7.18. The first-order valence-corrected chi connectivity index (χ1v) is 6.60. The van der Waals surface area contributed by atoms with Crippen molar-refractivity contribution in [1.82, 2.24) is 4.98 Å². The van der Waals surface area contributed by atoms with Gasteiger partial charge in [0.1, 0.15) is 0 Å². The van der Waals surface area contributed by atoms with Gasteiger partial charge in [0, 0.05) is 17.5 Å². The van der Waals surface area contributed by atoms with Crippen LogP contribution >= 0.6 is 38.6 Å². The minimum Gasteiger partial charge on any atom is -0.388 e. The number of nitrogens with zero attached hydrogens (tertiary/aromatic N) is 1. The first-order valence-electron chi connectivity index (χ1n) is 4.05. The van der Waals surface area contributed by atoms with Gasteiger partial charge in [0.2, 0.25) is 0 Å². The number of halogens is 1. The third-order valence-electron chi connectivity index (χ3n) is 1.85. The van der Waals surface area contributed by atoms with Gasteiger partial charge in [-0.25, -0.2) is 0 Å². The lowest BCUT2D eigenvalue weighted by atomic mass is 10.1. The zero-order valence-corrected chi connectivity index (χ0v) is 10.4. The Morgan fingerprint density at radius 2 is 2.36 bits per heavy atom. The van der Waals surface area contributed by atoms with Crippen LogP contribution in [0, 0.1) is 0 Å². The predicted molar refractivity (Wildman–Crippen MR) is 62.8 cm³/mol. The van der Waals surface area contributed by atoms with E-state index < -0.39 is 6.10 Å². The third-order valence-corrected chi connectivity index (χ3v) is 4.18. The van der Waals surface area contributed by atoms with Crippen LogP contribution in [0.3, 0.4) is 0 Å². The Kier molecular flexibility index (Phi) is 3.33. The Labute approximate surface area is 98.4 Å². The summed E-state index contributed by atoms with van der Waals surface area (Å²) in [7, 11) is 0. The normalized spacial score (nSPS) is 13.0. The first-order chi connectivity index (χ1) is 6.75. The van der Waals surface area contributed by atoms with Crippen molar-refractivity contribution in [2.24, 2.45) is 0 Å². The van der Waals surface area contributed by atoms with Gasteiger partial charge in [0.15, 0.2) is 0 Å². The molecule has 14 heavy (non-hydrogen) atoms. The van der Waals surface area contributed by atoms with E-state index in [0.717, 1.165) is 14.2 Å². The Morgan fingerprint density at radius 3 is 2.93 bits per heavy atom. The monoisotopic (exact) mass is 289 g/mol. The van der Waals surface area contributed by atoms with E-state index >= 15 is 0 Å². The summed E-state index contributed by atoms with van der Waals surface area (Å²) in [5.41, 5.74) is 2.75. The maximum Gasteiger partial charge on any atom is 0.0847 e. The number of aliphatic hydroxyl groups is 1. The zero-order chi connectivity index (χ0) is 9.97. The highest BCUT2D eigenvalue weighted by atomic mass is 79.9. The van der Waals surface area contributed by atoms with Crippen molar-refractivity contribution in [3.8, 4) is 0 Å². The maximum absolute atomic E-state index is 9.87. The smallest absolute Gasteiger partial charge is 0.0847 e. The standard InChI is InChI=1S/C9H8BrNOS2/c10-9-1-6(4-13-9)8(12)2-7-3-11-5-14-7/h1,3-5,8,12H,2H2. The topological polar surface area (TPSA) is 33.1 Å². The highest BCUT2D eigenvalue weighted by molar-refractivity contribution is 9.11. The summed E-state index contributed by atoms with van der Waals surface area (Å²) in [4.78, 5) is 5.09. The molecule has 0 saturated heterocycles. The summed E-state index contributed by atoms with van der Waals surface area (Å²) in [5, 5.41) is 11.8. The molecule has 0 aromatic carbocycles. The number of thiophene rings is 1. The van der Waals surface area contributed by atoms with Crippen LogP contribution in [0.2, 0.25) is 0 Å². The fraction of sp³-hybridized carbons (Fsp3) is 0.222. The van der Waals surface area contributed by atoms with Gasteiger partial charge in [0.25, 0.3) is 0 Å². The molecule has 5 heteroatoms. The van der Waals surface area contributed by atoms with Crippen molar-refractivity contribution in [1.29, 1.82) is 0 Å². The summed E-state index contributed by atoms with van der Waals surface area (Å²) in [6.45, 7) is 0. The minimum absolute atomic E-state index is 0.419. The summed E-state index contributed by atoms with van der Waals surface area (Å²) < 4.78 is 1.05. The largest absolute Gasteiger partial charge is 0.388 e. The fourth-order valence-electron chi connectivity index (χ4n) is 1.15. The fourth-order valence-corrected chi connectivity index (χ4v) is 3.01. The molecular weight excluding hydrogens is 282 g/mol. The third kappa shape index (κ3) is 2.42. The molecule has 2 rings (SSSR count). The van der Waals surface area contributed by atoms with E-state index in [1.54, 1.807) is 34.4 Å². The lowest BCUT2D eigenvalue weighted by molar-refractivity contribution is 0.180. The molecule has 0 bridgehead atoms. The van der Waals surface area contributed by atoms with Crippen molar-refractivity contribution >= 4 is 38.6 Å². The second-order valence-electron chi connectivity index (χ2n) is 2.87. The van der Waals surface area contributed by atoms with Crippen LogP contribution in [0.5, 0.6) is 0 Å².